The number of unbranched alkanes of at least 4 members (excludes halogenated alkanes) is 40. The lowest BCUT2D eigenvalue weighted by Gasteiger charge is -2.18. The maximum atomic E-state index is 12.9. The Labute approximate surface area is 491 Å². The summed E-state index contributed by atoms with van der Waals surface area (Å²) < 4.78 is 16.9. The fraction of sp³-hybridized carbons (Fsp3) is 0.795. The molecule has 458 valence electrons. The minimum Gasteiger partial charge on any atom is -0.462 e. The van der Waals surface area contributed by atoms with Crippen LogP contribution in [0.5, 0.6) is 0 Å². The lowest BCUT2D eigenvalue weighted by molar-refractivity contribution is -0.167. The van der Waals surface area contributed by atoms with Crippen LogP contribution in [0.25, 0.3) is 0 Å². The zero-order valence-corrected chi connectivity index (χ0v) is 52.6. The van der Waals surface area contributed by atoms with Crippen LogP contribution in [-0.2, 0) is 28.6 Å². The summed E-state index contributed by atoms with van der Waals surface area (Å²) in [6, 6.07) is 0. The molecule has 0 rings (SSSR count). The quantitative estimate of drug-likeness (QED) is 0.0261. The third-order valence-electron chi connectivity index (χ3n) is 15.1. The van der Waals surface area contributed by atoms with E-state index in [1.807, 2.05) is 0 Å². The predicted octanol–water partition coefficient (Wildman–Crippen LogP) is 23.7. The standard InChI is InChI=1S/C73H130O6/c1-4-7-10-13-16-19-22-25-27-28-29-30-31-32-33-34-35-36-37-38-39-40-41-42-43-44-46-48-51-54-57-60-63-66-72(75)78-69-70(68-77-71(74)65-62-59-56-53-50-47-24-21-18-15-12-9-6-3)79-73(76)67-64-61-58-55-52-49-45-26-23-20-17-14-11-8-5-2/h12,15,17,20-22,24-26,28-29,45,70H,4-11,13-14,16,18-19,23,27,30-44,46-69H2,1-3H3/b15-12-,20-17-,24-21-,25-22-,29-28-,45-26-. The Hall–Kier alpha value is -3.15. The van der Waals surface area contributed by atoms with Gasteiger partial charge in [0.15, 0.2) is 6.10 Å². The van der Waals surface area contributed by atoms with E-state index in [1.54, 1.807) is 0 Å². The maximum Gasteiger partial charge on any atom is 0.306 e. The van der Waals surface area contributed by atoms with Crippen molar-refractivity contribution in [2.24, 2.45) is 0 Å². The van der Waals surface area contributed by atoms with Crippen LogP contribution in [0.4, 0.5) is 0 Å². The normalized spacial score (nSPS) is 12.5. The molecule has 0 aliphatic carbocycles. The Morgan fingerprint density at radius 3 is 0.772 bits per heavy atom. The highest BCUT2D eigenvalue weighted by atomic mass is 16.6. The van der Waals surface area contributed by atoms with Crippen LogP contribution >= 0.6 is 0 Å². The van der Waals surface area contributed by atoms with Crippen molar-refractivity contribution in [3.63, 3.8) is 0 Å². The van der Waals surface area contributed by atoms with Gasteiger partial charge in [-0.1, -0.05) is 299 Å². The molecular formula is C73H130O6. The highest BCUT2D eigenvalue weighted by Crippen LogP contribution is 2.17. The number of esters is 3. The fourth-order valence-electron chi connectivity index (χ4n) is 9.96. The molecule has 0 aromatic heterocycles. The van der Waals surface area contributed by atoms with Gasteiger partial charge in [0.2, 0.25) is 0 Å². The molecule has 1 unspecified atom stereocenters. The number of carbonyl (C=O) groups is 3. The highest BCUT2D eigenvalue weighted by Gasteiger charge is 2.19. The van der Waals surface area contributed by atoms with E-state index in [4.69, 9.17) is 14.2 Å². The van der Waals surface area contributed by atoms with Gasteiger partial charge in [-0.3, -0.25) is 14.4 Å². The molecule has 0 aliphatic rings. The first-order valence-electron chi connectivity index (χ1n) is 34.4. The monoisotopic (exact) mass is 1100 g/mol. The predicted molar refractivity (Wildman–Crippen MR) is 344 cm³/mol. The van der Waals surface area contributed by atoms with E-state index in [0.717, 1.165) is 116 Å². The van der Waals surface area contributed by atoms with E-state index in [1.165, 1.54) is 199 Å². The molecule has 0 amide bonds. The van der Waals surface area contributed by atoms with E-state index >= 15 is 0 Å². The summed E-state index contributed by atoms with van der Waals surface area (Å²) in [5, 5.41) is 0. The second kappa shape index (κ2) is 67.4. The van der Waals surface area contributed by atoms with Crippen LogP contribution in [0.1, 0.15) is 355 Å². The summed E-state index contributed by atoms with van der Waals surface area (Å²) in [6.07, 6.45) is 88.0. The molecule has 0 radical (unpaired) electrons. The molecular weight excluding hydrogens is 973 g/mol. The Kier molecular flexibility index (Phi) is 64.7. The summed E-state index contributed by atoms with van der Waals surface area (Å²) in [4.78, 5) is 38.3. The van der Waals surface area contributed by atoms with E-state index in [2.05, 4.69) is 93.7 Å². The molecule has 0 saturated heterocycles. The molecule has 1 atom stereocenters. The first kappa shape index (κ1) is 75.8. The lowest BCUT2D eigenvalue weighted by atomic mass is 10.0. The molecule has 79 heavy (non-hydrogen) atoms. The molecule has 0 heterocycles. The first-order valence-corrected chi connectivity index (χ1v) is 34.4. The fourth-order valence-corrected chi connectivity index (χ4v) is 9.96. The van der Waals surface area contributed by atoms with Crippen molar-refractivity contribution in [2.45, 2.75) is 361 Å². The molecule has 0 saturated carbocycles. The van der Waals surface area contributed by atoms with Gasteiger partial charge >= 0.3 is 17.9 Å². The average Bonchev–Trinajstić information content (AvgIpc) is 3.45. The second-order valence-electron chi connectivity index (χ2n) is 23.1. The molecule has 0 aliphatic heterocycles. The molecule has 0 spiro atoms. The number of hydrogen-bond donors (Lipinski definition) is 0. The Morgan fingerprint density at radius 1 is 0.253 bits per heavy atom. The van der Waals surface area contributed by atoms with Crippen molar-refractivity contribution >= 4 is 17.9 Å². The number of hydrogen-bond acceptors (Lipinski definition) is 6. The molecule has 0 bridgehead atoms. The third-order valence-corrected chi connectivity index (χ3v) is 15.1. The van der Waals surface area contributed by atoms with Gasteiger partial charge in [0, 0.05) is 19.3 Å². The van der Waals surface area contributed by atoms with Crippen molar-refractivity contribution in [1.29, 1.82) is 0 Å². The van der Waals surface area contributed by atoms with Gasteiger partial charge in [0.05, 0.1) is 0 Å². The largest absolute Gasteiger partial charge is 0.462 e. The minimum atomic E-state index is -0.788. The number of ether oxygens (including phenoxy) is 3. The smallest absolute Gasteiger partial charge is 0.306 e. The topological polar surface area (TPSA) is 78.9 Å². The summed E-state index contributed by atoms with van der Waals surface area (Å²) in [5.74, 6) is -0.896. The molecule has 0 aromatic rings. The van der Waals surface area contributed by atoms with Crippen LogP contribution in [0.15, 0.2) is 72.9 Å². The zero-order chi connectivity index (χ0) is 57.1. The molecule has 0 aromatic carbocycles. The van der Waals surface area contributed by atoms with E-state index in [-0.39, 0.29) is 31.1 Å². The van der Waals surface area contributed by atoms with Crippen LogP contribution in [0.3, 0.4) is 0 Å². The molecule has 0 fully saturated rings. The van der Waals surface area contributed by atoms with Crippen molar-refractivity contribution < 1.29 is 28.6 Å². The number of allylic oxidation sites excluding steroid dienone is 12. The van der Waals surface area contributed by atoms with Crippen molar-refractivity contribution in [3.05, 3.63) is 72.9 Å². The second-order valence-corrected chi connectivity index (χ2v) is 23.1. The van der Waals surface area contributed by atoms with Gasteiger partial charge < -0.3 is 14.2 Å². The molecule has 6 nitrogen and oxygen atoms in total. The van der Waals surface area contributed by atoms with Gasteiger partial charge in [-0.25, -0.2) is 0 Å². The van der Waals surface area contributed by atoms with Crippen molar-refractivity contribution in [3.8, 4) is 0 Å². The Balaban J connectivity index is 4.12. The lowest BCUT2D eigenvalue weighted by Crippen LogP contribution is -2.30. The van der Waals surface area contributed by atoms with Gasteiger partial charge in [0.1, 0.15) is 13.2 Å². The van der Waals surface area contributed by atoms with Crippen molar-refractivity contribution in [2.75, 3.05) is 13.2 Å². The van der Waals surface area contributed by atoms with Gasteiger partial charge in [-0.05, 0) is 109 Å². The Bertz CT molecular complexity index is 1450. The summed E-state index contributed by atoms with van der Waals surface area (Å²) in [6.45, 7) is 6.55. The van der Waals surface area contributed by atoms with Crippen LogP contribution in [0.2, 0.25) is 0 Å². The van der Waals surface area contributed by atoms with Gasteiger partial charge in [-0.2, -0.15) is 0 Å². The first-order chi connectivity index (χ1) is 39.0. The highest BCUT2D eigenvalue weighted by molar-refractivity contribution is 5.71. The SMILES string of the molecule is CCC/C=C\C/C=C\CCCCCCCC(=O)OCC(COC(=O)CCCCCCCCCCCCCCCCCCCCCCC/C=C\C/C=C\CCCCCCC)OC(=O)CCCCCCC/C=C\C/C=C\CCCCC. The summed E-state index contributed by atoms with van der Waals surface area (Å²) in [7, 11) is 0. The van der Waals surface area contributed by atoms with Gasteiger partial charge in [-0.15, -0.1) is 0 Å². The van der Waals surface area contributed by atoms with Gasteiger partial charge in [0.25, 0.3) is 0 Å². The zero-order valence-electron chi connectivity index (χ0n) is 52.6. The summed E-state index contributed by atoms with van der Waals surface area (Å²) >= 11 is 0. The minimum absolute atomic E-state index is 0.0826. The van der Waals surface area contributed by atoms with E-state index in [0.29, 0.717) is 19.3 Å². The van der Waals surface area contributed by atoms with Crippen LogP contribution < -0.4 is 0 Å². The number of rotatable bonds is 63. The van der Waals surface area contributed by atoms with Crippen molar-refractivity contribution in [1.82, 2.24) is 0 Å². The average molecular weight is 1100 g/mol. The third kappa shape index (κ3) is 65.5. The molecule has 6 heteroatoms. The van der Waals surface area contributed by atoms with E-state index in [9.17, 15) is 14.4 Å². The number of carbonyl (C=O) groups excluding carboxylic acids is 3. The maximum absolute atomic E-state index is 12.9. The van der Waals surface area contributed by atoms with Crippen LogP contribution in [-0.4, -0.2) is 37.2 Å². The molecule has 0 N–H and O–H groups in total. The summed E-state index contributed by atoms with van der Waals surface area (Å²) in [5.41, 5.74) is 0. The van der Waals surface area contributed by atoms with Crippen LogP contribution in [0, 0.1) is 0 Å². The van der Waals surface area contributed by atoms with E-state index < -0.39 is 6.10 Å². The Morgan fingerprint density at radius 2 is 0.481 bits per heavy atom.